The minimum Gasteiger partial charge on any atom is -0.484 e. The van der Waals surface area contributed by atoms with E-state index in [2.05, 4.69) is 10.1 Å². The summed E-state index contributed by atoms with van der Waals surface area (Å²) in [6, 6.07) is 2.13. The van der Waals surface area contributed by atoms with Crippen molar-refractivity contribution in [1.82, 2.24) is 5.32 Å². The van der Waals surface area contributed by atoms with Crippen LogP contribution in [0.5, 0.6) is 5.75 Å². The van der Waals surface area contributed by atoms with Crippen molar-refractivity contribution in [3.63, 3.8) is 0 Å². The van der Waals surface area contributed by atoms with Crippen LogP contribution in [0.4, 0.5) is 13.2 Å². The Morgan fingerprint density at radius 2 is 2.08 bits per heavy atom. The van der Waals surface area contributed by atoms with Crippen LogP contribution in [0, 0.1) is 0 Å². The summed E-state index contributed by atoms with van der Waals surface area (Å²) in [6.07, 6.45) is -4.65. The Morgan fingerprint density at radius 1 is 1.42 bits per heavy atom. The summed E-state index contributed by atoms with van der Waals surface area (Å²) in [7, 11) is -3.93. The van der Waals surface area contributed by atoms with E-state index in [0.717, 1.165) is 18.2 Å². The zero-order chi connectivity index (χ0) is 18.1. The summed E-state index contributed by atoms with van der Waals surface area (Å²) < 4.78 is 65.8. The SMILES string of the molecule is O=C(O)[C@H]1CC(S(=O)(=O)c2ccc(OCC(F)(F)F)cc2Cl)CN1. The van der Waals surface area contributed by atoms with Crippen molar-refractivity contribution in [3.8, 4) is 5.75 Å². The van der Waals surface area contributed by atoms with Gasteiger partial charge in [0.15, 0.2) is 16.4 Å². The molecule has 24 heavy (non-hydrogen) atoms. The van der Waals surface area contributed by atoms with Crippen LogP contribution in [0.1, 0.15) is 6.42 Å². The number of carboxylic acid groups (broad SMARTS) is 1. The standard InChI is InChI=1S/C13H13ClF3NO5S/c14-9-3-7(23-6-13(15,16)17)1-2-11(9)24(21,22)8-4-10(12(19)20)18-5-8/h1-3,8,10,18H,4-6H2,(H,19,20)/t8?,10-/m1/s1. The number of alkyl halides is 3. The summed E-state index contributed by atoms with van der Waals surface area (Å²) in [4.78, 5) is 10.6. The topological polar surface area (TPSA) is 92.7 Å². The second-order valence-corrected chi connectivity index (χ2v) is 7.80. The Labute approximate surface area is 140 Å². The molecule has 2 N–H and O–H groups in total. The molecule has 1 aromatic carbocycles. The molecule has 0 amide bonds. The molecule has 1 unspecified atom stereocenters. The van der Waals surface area contributed by atoms with Crippen LogP contribution >= 0.6 is 11.6 Å². The third-order valence-electron chi connectivity index (χ3n) is 3.44. The van der Waals surface area contributed by atoms with Crippen molar-refractivity contribution in [2.24, 2.45) is 0 Å². The minimum absolute atomic E-state index is 0.0536. The average Bonchev–Trinajstić information content (AvgIpc) is 2.95. The minimum atomic E-state index is -4.53. The maximum atomic E-state index is 12.5. The fourth-order valence-electron chi connectivity index (χ4n) is 2.27. The fourth-order valence-corrected chi connectivity index (χ4v) is 4.48. The largest absolute Gasteiger partial charge is 0.484 e. The lowest BCUT2D eigenvalue weighted by Crippen LogP contribution is -2.30. The van der Waals surface area contributed by atoms with Crippen molar-refractivity contribution in [1.29, 1.82) is 0 Å². The van der Waals surface area contributed by atoms with Crippen LogP contribution in [0.3, 0.4) is 0 Å². The van der Waals surface area contributed by atoms with Gasteiger partial charge in [-0.05, 0) is 18.6 Å². The highest BCUT2D eigenvalue weighted by Gasteiger charge is 2.39. The normalized spacial score (nSPS) is 21.7. The van der Waals surface area contributed by atoms with Gasteiger partial charge in [0, 0.05) is 12.6 Å². The van der Waals surface area contributed by atoms with Gasteiger partial charge in [0.05, 0.1) is 15.2 Å². The number of hydrogen-bond donors (Lipinski definition) is 2. The van der Waals surface area contributed by atoms with Crippen molar-refractivity contribution < 1.29 is 36.2 Å². The zero-order valence-corrected chi connectivity index (χ0v) is 13.6. The summed E-state index contributed by atoms with van der Waals surface area (Å²) in [6.45, 7) is -1.58. The van der Waals surface area contributed by atoms with Crippen molar-refractivity contribution in [2.45, 2.75) is 28.8 Å². The van der Waals surface area contributed by atoms with Crippen LogP contribution in [0.15, 0.2) is 23.1 Å². The molecule has 134 valence electrons. The van der Waals surface area contributed by atoms with E-state index in [1.807, 2.05) is 0 Å². The Balaban J connectivity index is 2.18. The first-order chi connectivity index (χ1) is 11.0. The maximum Gasteiger partial charge on any atom is 0.422 e. The number of halogens is 4. The molecule has 6 nitrogen and oxygen atoms in total. The molecule has 1 aromatic rings. The monoisotopic (exact) mass is 387 g/mol. The molecule has 0 aromatic heterocycles. The van der Waals surface area contributed by atoms with E-state index in [1.54, 1.807) is 0 Å². The Hall–Kier alpha value is -1.52. The third-order valence-corrected chi connectivity index (χ3v) is 6.07. The highest BCUT2D eigenvalue weighted by atomic mass is 35.5. The lowest BCUT2D eigenvalue weighted by molar-refractivity contribution is -0.153. The molecule has 1 aliphatic rings. The number of nitrogens with one attached hydrogen (secondary N) is 1. The highest BCUT2D eigenvalue weighted by molar-refractivity contribution is 7.92. The van der Waals surface area contributed by atoms with Gasteiger partial charge in [0.1, 0.15) is 11.8 Å². The predicted molar refractivity (Wildman–Crippen MR) is 78.0 cm³/mol. The van der Waals surface area contributed by atoms with E-state index in [4.69, 9.17) is 16.7 Å². The van der Waals surface area contributed by atoms with Gasteiger partial charge in [-0.1, -0.05) is 11.6 Å². The molecule has 0 aliphatic carbocycles. The molecule has 1 heterocycles. The molecule has 0 spiro atoms. The summed E-state index contributed by atoms with van der Waals surface area (Å²) in [5, 5.41) is 10.2. The second-order valence-electron chi connectivity index (χ2n) is 5.20. The number of carbonyl (C=O) groups is 1. The molecule has 2 rings (SSSR count). The number of hydrogen-bond acceptors (Lipinski definition) is 5. The van der Waals surface area contributed by atoms with Gasteiger partial charge in [-0.2, -0.15) is 13.2 Å². The van der Waals surface area contributed by atoms with E-state index in [1.165, 1.54) is 0 Å². The molecule has 1 fully saturated rings. The first-order valence-electron chi connectivity index (χ1n) is 6.70. The van der Waals surface area contributed by atoms with Crippen molar-refractivity contribution in [2.75, 3.05) is 13.2 Å². The average molecular weight is 388 g/mol. The molecular formula is C13H13ClF3NO5S. The van der Waals surface area contributed by atoms with Gasteiger partial charge in [0.25, 0.3) is 0 Å². The molecular weight excluding hydrogens is 375 g/mol. The Bertz CT molecular complexity index is 738. The quantitative estimate of drug-likeness (QED) is 0.801. The molecule has 11 heteroatoms. The predicted octanol–water partition coefficient (Wildman–Crippen LogP) is 1.87. The van der Waals surface area contributed by atoms with Gasteiger partial charge < -0.3 is 15.2 Å². The first-order valence-corrected chi connectivity index (χ1v) is 8.62. The lowest BCUT2D eigenvalue weighted by Gasteiger charge is -2.14. The van der Waals surface area contributed by atoms with Crippen molar-refractivity contribution in [3.05, 3.63) is 23.2 Å². The molecule has 1 saturated heterocycles. The number of rotatable bonds is 5. The Kier molecular flexibility index (Phi) is 5.31. The van der Waals surface area contributed by atoms with Crippen molar-refractivity contribution >= 4 is 27.4 Å². The van der Waals surface area contributed by atoms with Gasteiger partial charge in [0.2, 0.25) is 0 Å². The number of benzene rings is 1. The third kappa shape index (κ3) is 4.31. The van der Waals surface area contributed by atoms with E-state index in [0.29, 0.717) is 0 Å². The highest BCUT2D eigenvalue weighted by Crippen LogP contribution is 2.31. The van der Waals surface area contributed by atoms with Gasteiger partial charge in [-0.15, -0.1) is 0 Å². The molecule has 2 atom stereocenters. The summed E-state index contributed by atoms with van der Waals surface area (Å²) >= 11 is 5.86. The maximum absolute atomic E-state index is 12.5. The number of aliphatic carboxylic acids is 1. The van der Waals surface area contributed by atoms with Gasteiger partial charge >= 0.3 is 12.1 Å². The van der Waals surface area contributed by atoms with E-state index < -0.39 is 39.9 Å². The van der Waals surface area contributed by atoms with E-state index in [9.17, 15) is 26.4 Å². The first kappa shape index (κ1) is 18.8. The second kappa shape index (κ2) is 6.77. The van der Waals surface area contributed by atoms with E-state index in [-0.39, 0.29) is 28.6 Å². The summed E-state index contributed by atoms with van der Waals surface area (Å²) in [5.41, 5.74) is 0. The van der Waals surface area contributed by atoms with Crippen LogP contribution in [-0.4, -0.2) is 50.1 Å². The van der Waals surface area contributed by atoms with Crippen LogP contribution < -0.4 is 10.1 Å². The van der Waals surface area contributed by atoms with Gasteiger partial charge in [-0.3, -0.25) is 4.79 Å². The lowest BCUT2D eigenvalue weighted by atomic mass is 10.2. The smallest absolute Gasteiger partial charge is 0.422 e. The van der Waals surface area contributed by atoms with Crippen LogP contribution in [-0.2, 0) is 14.6 Å². The number of ether oxygens (including phenoxy) is 1. The number of carboxylic acids is 1. The molecule has 0 bridgehead atoms. The van der Waals surface area contributed by atoms with Crippen LogP contribution in [0.25, 0.3) is 0 Å². The van der Waals surface area contributed by atoms with Gasteiger partial charge in [-0.25, -0.2) is 8.42 Å². The molecule has 1 aliphatic heterocycles. The van der Waals surface area contributed by atoms with E-state index >= 15 is 0 Å². The summed E-state index contributed by atoms with van der Waals surface area (Å²) in [5.74, 6) is -1.38. The van der Waals surface area contributed by atoms with Crippen LogP contribution in [0.2, 0.25) is 5.02 Å². The Morgan fingerprint density at radius 3 is 2.58 bits per heavy atom. The molecule has 0 saturated carbocycles. The number of sulfone groups is 1. The fraction of sp³-hybridized carbons (Fsp3) is 0.462. The zero-order valence-electron chi connectivity index (χ0n) is 12.0. The molecule has 0 radical (unpaired) electrons.